The minimum absolute atomic E-state index is 0.0625. The molecule has 1 fully saturated rings. The first-order valence-electron chi connectivity index (χ1n) is 10.2. The Hall–Kier alpha value is -2.99. The van der Waals surface area contributed by atoms with Crippen LogP contribution in [-0.4, -0.2) is 41.0 Å². The van der Waals surface area contributed by atoms with E-state index in [1.165, 1.54) is 9.71 Å². The van der Waals surface area contributed by atoms with Crippen LogP contribution in [0.3, 0.4) is 0 Å². The standard InChI is InChI=1S/C24H23N3O2S/c1-15-19(14-17-13-18(29-2)7-8-20(17)25-15)24(28)27-11-9-16(10-12-27)23-26-21-5-3-4-6-22(21)30-23/h3-8,13-14,16H,9-12H2,1-2H3. The normalized spacial score (nSPS) is 15.1. The molecule has 0 unspecified atom stereocenters. The first kappa shape index (κ1) is 19.0. The van der Waals surface area contributed by atoms with E-state index in [2.05, 4.69) is 23.2 Å². The quantitative estimate of drug-likeness (QED) is 0.461. The molecule has 0 radical (unpaired) electrons. The molecule has 1 saturated heterocycles. The number of fused-ring (bicyclic) bond motifs is 2. The van der Waals surface area contributed by atoms with Gasteiger partial charge in [-0.1, -0.05) is 12.1 Å². The number of rotatable bonds is 3. The lowest BCUT2D eigenvalue weighted by molar-refractivity contribution is 0.0712. The number of para-hydroxylation sites is 1. The van der Waals surface area contributed by atoms with E-state index in [9.17, 15) is 4.79 Å². The van der Waals surface area contributed by atoms with Gasteiger partial charge in [-0.25, -0.2) is 4.98 Å². The van der Waals surface area contributed by atoms with Gasteiger partial charge in [-0.15, -0.1) is 11.3 Å². The first-order chi connectivity index (χ1) is 14.6. The molecule has 0 saturated carbocycles. The molecule has 30 heavy (non-hydrogen) atoms. The number of ether oxygens (including phenoxy) is 1. The Labute approximate surface area is 179 Å². The van der Waals surface area contributed by atoms with Crippen molar-refractivity contribution in [2.24, 2.45) is 0 Å². The summed E-state index contributed by atoms with van der Waals surface area (Å²) >= 11 is 1.78. The van der Waals surface area contributed by atoms with Crippen LogP contribution in [0.4, 0.5) is 0 Å². The van der Waals surface area contributed by atoms with Gasteiger partial charge in [0.25, 0.3) is 5.91 Å². The van der Waals surface area contributed by atoms with Crippen LogP contribution in [-0.2, 0) is 0 Å². The van der Waals surface area contributed by atoms with Crippen LogP contribution in [0.5, 0.6) is 5.75 Å². The molecule has 2 aromatic heterocycles. The molecule has 0 bridgehead atoms. The number of carbonyl (C=O) groups excluding carboxylic acids is 1. The summed E-state index contributed by atoms with van der Waals surface area (Å²) in [7, 11) is 1.64. The Kier molecular flexibility index (Phi) is 4.87. The fourth-order valence-electron chi connectivity index (χ4n) is 4.16. The van der Waals surface area contributed by atoms with Crippen molar-refractivity contribution in [1.29, 1.82) is 0 Å². The number of likely N-dealkylation sites (tertiary alicyclic amines) is 1. The molecule has 0 aliphatic carbocycles. The molecule has 0 atom stereocenters. The highest BCUT2D eigenvalue weighted by Crippen LogP contribution is 2.34. The fourth-order valence-corrected chi connectivity index (χ4v) is 5.30. The minimum Gasteiger partial charge on any atom is -0.497 e. The number of benzene rings is 2. The van der Waals surface area contributed by atoms with Crippen LogP contribution in [0.2, 0.25) is 0 Å². The Morgan fingerprint density at radius 2 is 1.87 bits per heavy atom. The summed E-state index contributed by atoms with van der Waals surface area (Å²) in [5.41, 5.74) is 3.39. The second-order valence-corrected chi connectivity index (χ2v) is 8.83. The monoisotopic (exact) mass is 417 g/mol. The van der Waals surface area contributed by atoms with Crippen molar-refractivity contribution in [1.82, 2.24) is 14.9 Å². The molecule has 5 nitrogen and oxygen atoms in total. The highest BCUT2D eigenvalue weighted by atomic mass is 32.1. The topological polar surface area (TPSA) is 55.3 Å². The number of aryl methyl sites for hydroxylation is 1. The lowest BCUT2D eigenvalue weighted by Gasteiger charge is -2.31. The van der Waals surface area contributed by atoms with Crippen molar-refractivity contribution in [2.75, 3.05) is 20.2 Å². The van der Waals surface area contributed by atoms with Gasteiger partial charge in [-0.2, -0.15) is 0 Å². The molecule has 0 N–H and O–H groups in total. The second kappa shape index (κ2) is 7.69. The lowest BCUT2D eigenvalue weighted by atomic mass is 9.96. The van der Waals surface area contributed by atoms with E-state index in [1.807, 2.05) is 42.2 Å². The SMILES string of the molecule is COc1ccc2nc(C)c(C(=O)N3CCC(c4nc5ccccc5s4)CC3)cc2c1. The van der Waals surface area contributed by atoms with Crippen LogP contribution < -0.4 is 4.74 Å². The number of amides is 1. The number of piperidine rings is 1. The average Bonchev–Trinajstić information content (AvgIpc) is 3.22. The molecule has 2 aromatic carbocycles. The molecule has 1 amide bonds. The number of thiazole rings is 1. The predicted octanol–water partition coefficient (Wildman–Crippen LogP) is 5.18. The van der Waals surface area contributed by atoms with E-state index in [0.29, 0.717) is 11.5 Å². The maximum atomic E-state index is 13.2. The van der Waals surface area contributed by atoms with Crippen molar-refractivity contribution in [2.45, 2.75) is 25.7 Å². The smallest absolute Gasteiger partial charge is 0.255 e. The van der Waals surface area contributed by atoms with Gasteiger partial charge in [0.15, 0.2) is 0 Å². The van der Waals surface area contributed by atoms with Gasteiger partial charge in [0, 0.05) is 24.4 Å². The molecular formula is C24H23N3O2S. The molecule has 1 aliphatic heterocycles. The number of carbonyl (C=O) groups is 1. The minimum atomic E-state index is 0.0625. The van der Waals surface area contributed by atoms with Crippen molar-refractivity contribution in [3.8, 4) is 5.75 Å². The largest absolute Gasteiger partial charge is 0.497 e. The maximum Gasteiger partial charge on any atom is 0.255 e. The average molecular weight is 418 g/mol. The Morgan fingerprint density at radius 3 is 2.63 bits per heavy atom. The third-order valence-corrected chi connectivity index (χ3v) is 7.08. The third-order valence-electron chi connectivity index (χ3n) is 5.88. The van der Waals surface area contributed by atoms with E-state index < -0.39 is 0 Å². The highest BCUT2D eigenvalue weighted by Gasteiger charge is 2.27. The number of aromatic nitrogens is 2. The van der Waals surface area contributed by atoms with E-state index >= 15 is 0 Å². The number of pyridine rings is 1. The summed E-state index contributed by atoms with van der Waals surface area (Å²) in [5, 5.41) is 2.12. The van der Waals surface area contributed by atoms with Gasteiger partial charge < -0.3 is 9.64 Å². The van der Waals surface area contributed by atoms with E-state index in [-0.39, 0.29) is 5.91 Å². The maximum absolute atomic E-state index is 13.2. The summed E-state index contributed by atoms with van der Waals surface area (Å²) in [5.74, 6) is 1.25. The number of hydrogen-bond donors (Lipinski definition) is 0. The van der Waals surface area contributed by atoms with E-state index in [1.54, 1.807) is 18.4 Å². The van der Waals surface area contributed by atoms with E-state index in [4.69, 9.17) is 9.72 Å². The lowest BCUT2D eigenvalue weighted by Crippen LogP contribution is -2.38. The number of nitrogens with zero attached hydrogens (tertiary/aromatic N) is 3. The van der Waals surface area contributed by atoms with Gasteiger partial charge in [-0.3, -0.25) is 9.78 Å². The van der Waals surface area contributed by atoms with Crippen LogP contribution in [0.25, 0.3) is 21.1 Å². The zero-order chi connectivity index (χ0) is 20.7. The molecule has 1 aliphatic rings. The molecule has 5 rings (SSSR count). The summed E-state index contributed by atoms with van der Waals surface area (Å²) < 4.78 is 6.55. The molecule has 6 heteroatoms. The number of methoxy groups -OCH3 is 1. The summed E-state index contributed by atoms with van der Waals surface area (Å²) in [6, 6.07) is 16.0. The molecule has 3 heterocycles. The summed E-state index contributed by atoms with van der Waals surface area (Å²) in [4.78, 5) is 24.7. The summed E-state index contributed by atoms with van der Waals surface area (Å²) in [6.07, 6.45) is 1.89. The van der Waals surface area contributed by atoms with Crippen molar-refractivity contribution < 1.29 is 9.53 Å². The van der Waals surface area contributed by atoms with Crippen LogP contribution in [0.15, 0.2) is 48.5 Å². The van der Waals surface area contributed by atoms with Gasteiger partial charge in [0.05, 0.1) is 39.1 Å². The van der Waals surface area contributed by atoms with Crippen LogP contribution in [0, 0.1) is 6.92 Å². The Morgan fingerprint density at radius 1 is 1.07 bits per heavy atom. The van der Waals surface area contributed by atoms with Gasteiger partial charge >= 0.3 is 0 Å². The van der Waals surface area contributed by atoms with Crippen LogP contribution in [0.1, 0.15) is 39.8 Å². The van der Waals surface area contributed by atoms with Gasteiger partial charge in [0.2, 0.25) is 0 Å². The molecule has 4 aromatic rings. The Balaban J connectivity index is 1.34. The van der Waals surface area contributed by atoms with Gasteiger partial charge in [0.1, 0.15) is 5.75 Å². The van der Waals surface area contributed by atoms with Gasteiger partial charge in [-0.05, 0) is 56.2 Å². The highest BCUT2D eigenvalue weighted by molar-refractivity contribution is 7.18. The van der Waals surface area contributed by atoms with E-state index in [0.717, 1.165) is 53.8 Å². The molecular weight excluding hydrogens is 394 g/mol. The Bertz CT molecular complexity index is 1210. The zero-order valence-electron chi connectivity index (χ0n) is 17.1. The molecule has 152 valence electrons. The van der Waals surface area contributed by atoms with Crippen molar-refractivity contribution in [3.05, 3.63) is 64.8 Å². The predicted molar refractivity (Wildman–Crippen MR) is 121 cm³/mol. The zero-order valence-corrected chi connectivity index (χ0v) is 17.9. The van der Waals surface area contributed by atoms with Crippen molar-refractivity contribution >= 4 is 38.4 Å². The first-order valence-corrected chi connectivity index (χ1v) is 11.0. The fraction of sp³-hybridized carbons (Fsp3) is 0.292. The second-order valence-electron chi connectivity index (χ2n) is 7.77. The number of hydrogen-bond acceptors (Lipinski definition) is 5. The summed E-state index contributed by atoms with van der Waals surface area (Å²) in [6.45, 7) is 3.40. The van der Waals surface area contributed by atoms with Crippen LogP contribution >= 0.6 is 11.3 Å². The van der Waals surface area contributed by atoms with Crippen molar-refractivity contribution in [3.63, 3.8) is 0 Å². The third kappa shape index (κ3) is 3.41. The molecule has 0 spiro atoms.